The van der Waals surface area contributed by atoms with Crippen molar-refractivity contribution >= 4 is 34.5 Å². The van der Waals surface area contributed by atoms with Gasteiger partial charge in [0.2, 0.25) is 0 Å². The van der Waals surface area contributed by atoms with Crippen LogP contribution >= 0.6 is 34.5 Å². The average Bonchev–Trinajstić information content (AvgIpc) is 2.44. The highest BCUT2D eigenvalue weighted by Crippen LogP contribution is 2.47. The van der Waals surface area contributed by atoms with E-state index in [0.29, 0.717) is 0 Å². The number of halogens is 7. The van der Waals surface area contributed by atoms with Gasteiger partial charge in [0, 0.05) is 5.56 Å². The summed E-state index contributed by atoms with van der Waals surface area (Å²) in [5.74, 6) is -4.93. The third-order valence-electron chi connectivity index (χ3n) is 2.02. The minimum Gasteiger partial charge on any atom is -0.308 e. The van der Waals surface area contributed by atoms with Crippen molar-refractivity contribution < 1.29 is 22.0 Å². The molecule has 1 nitrogen and oxygen atoms in total. The SMILES string of the molecule is CNC(c1cc(Cl)sc1Cl)C(F)(F)C(F)(F)F. The molecule has 0 fully saturated rings. The molecule has 1 unspecified atom stereocenters. The predicted molar refractivity (Wildman–Crippen MR) is 57.1 cm³/mol. The molecule has 1 heterocycles. The first-order valence-electron chi connectivity index (χ1n) is 4.17. The van der Waals surface area contributed by atoms with Crippen LogP contribution in [0.15, 0.2) is 6.07 Å². The summed E-state index contributed by atoms with van der Waals surface area (Å²) in [5.41, 5.74) is -0.369. The van der Waals surface area contributed by atoms with Gasteiger partial charge in [-0.25, -0.2) is 0 Å². The van der Waals surface area contributed by atoms with E-state index in [2.05, 4.69) is 0 Å². The molecule has 0 aliphatic carbocycles. The van der Waals surface area contributed by atoms with Gasteiger partial charge in [0.15, 0.2) is 0 Å². The van der Waals surface area contributed by atoms with E-state index in [9.17, 15) is 22.0 Å². The third-order valence-corrected chi connectivity index (χ3v) is 3.54. The van der Waals surface area contributed by atoms with Crippen molar-refractivity contribution in [2.24, 2.45) is 0 Å². The maximum absolute atomic E-state index is 13.2. The first kappa shape index (κ1) is 14.9. The van der Waals surface area contributed by atoms with Crippen LogP contribution in [0.5, 0.6) is 0 Å². The molecule has 0 aliphatic heterocycles. The van der Waals surface area contributed by atoms with Crippen LogP contribution in [0.1, 0.15) is 11.6 Å². The molecule has 98 valence electrons. The molecule has 0 amide bonds. The minimum absolute atomic E-state index is 0.0447. The van der Waals surface area contributed by atoms with E-state index in [1.165, 1.54) is 0 Å². The number of rotatable bonds is 3. The highest BCUT2D eigenvalue weighted by molar-refractivity contribution is 7.20. The van der Waals surface area contributed by atoms with Gasteiger partial charge in [-0.1, -0.05) is 23.2 Å². The van der Waals surface area contributed by atoms with Crippen molar-refractivity contribution in [1.82, 2.24) is 5.32 Å². The summed E-state index contributed by atoms with van der Waals surface area (Å²) in [6.45, 7) is 0. The Morgan fingerprint density at radius 2 is 1.76 bits per heavy atom. The van der Waals surface area contributed by atoms with Crippen LogP contribution in [0.2, 0.25) is 8.67 Å². The predicted octanol–water partition coefficient (Wildman–Crippen LogP) is 4.51. The van der Waals surface area contributed by atoms with E-state index >= 15 is 0 Å². The van der Waals surface area contributed by atoms with Crippen LogP contribution in [0.25, 0.3) is 0 Å². The molecular weight excluding hydrogens is 308 g/mol. The van der Waals surface area contributed by atoms with Crippen molar-refractivity contribution in [1.29, 1.82) is 0 Å². The molecule has 9 heteroatoms. The first-order chi connectivity index (χ1) is 7.61. The second-order valence-electron chi connectivity index (χ2n) is 3.12. The molecular formula is C8H6Cl2F5NS. The Kier molecular flexibility index (Phi) is 4.28. The fourth-order valence-corrected chi connectivity index (χ4v) is 2.78. The number of alkyl halides is 5. The van der Waals surface area contributed by atoms with E-state index in [-0.39, 0.29) is 14.2 Å². The molecule has 0 bridgehead atoms. The molecule has 1 N–H and O–H groups in total. The summed E-state index contributed by atoms with van der Waals surface area (Å²) < 4.78 is 62.9. The summed E-state index contributed by atoms with van der Waals surface area (Å²) in [6.07, 6.45) is -5.67. The van der Waals surface area contributed by atoms with Gasteiger partial charge in [0.25, 0.3) is 0 Å². The molecule has 1 atom stereocenters. The van der Waals surface area contributed by atoms with E-state index in [1.54, 1.807) is 0 Å². The lowest BCUT2D eigenvalue weighted by Gasteiger charge is -2.28. The number of thiophene rings is 1. The Morgan fingerprint density at radius 1 is 1.24 bits per heavy atom. The molecule has 0 aromatic carbocycles. The average molecular weight is 314 g/mol. The lowest BCUT2D eigenvalue weighted by Crippen LogP contribution is -2.47. The number of nitrogens with one attached hydrogen (secondary N) is 1. The van der Waals surface area contributed by atoms with Gasteiger partial charge < -0.3 is 5.32 Å². The second-order valence-corrected chi connectivity index (χ2v) is 5.41. The molecule has 17 heavy (non-hydrogen) atoms. The molecule has 0 saturated carbocycles. The Bertz CT molecular complexity index is 403. The van der Waals surface area contributed by atoms with Crippen LogP contribution in [0.4, 0.5) is 22.0 Å². The highest BCUT2D eigenvalue weighted by Gasteiger charge is 2.62. The van der Waals surface area contributed by atoms with Crippen molar-refractivity contribution in [3.05, 3.63) is 20.3 Å². The quantitative estimate of drug-likeness (QED) is 0.809. The lowest BCUT2D eigenvalue weighted by atomic mass is 10.0. The fourth-order valence-electron chi connectivity index (χ4n) is 1.25. The second kappa shape index (κ2) is 4.87. The molecule has 1 rings (SSSR count). The third kappa shape index (κ3) is 2.83. The highest BCUT2D eigenvalue weighted by atomic mass is 35.5. The molecule has 0 radical (unpaired) electrons. The maximum atomic E-state index is 13.2. The summed E-state index contributed by atoms with van der Waals surface area (Å²) in [5, 5.41) is 1.91. The minimum atomic E-state index is -5.67. The fraction of sp³-hybridized carbons (Fsp3) is 0.500. The van der Waals surface area contributed by atoms with Crippen LogP contribution in [-0.2, 0) is 0 Å². The standard InChI is InChI=1S/C8H6Cl2F5NS/c1-16-5(7(11,12)8(13,14)15)3-2-4(9)17-6(3)10/h2,5,16H,1H3. The zero-order chi connectivity index (χ0) is 13.4. The molecule has 0 aliphatic rings. The topological polar surface area (TPSA) is 12.0 Å². The maximum Gasteiger partial charge on any atom is 0.455 e. The van der Waals surface area contributed by atoms with Crippen molar-refractivity contribution in [3.8, 4) is 0 Å². The van der Waals surface area contributed by atoms with Crippen LogP contribution in [-0.4, -0.2) is 19.1 Å². The van der Waals surface area contributed by atoms with Gasteiger partial charge in [-0.05, 0) is 13.1 Å². The molecule has 1 aromatic heterocycles. The van der Waals surface area contributed by atoms with E-state index in [1.807, 2.05) is 5.32 Å². The molecule has 0 spiro atoms. The number of hydrogen-bond donors (Lipinski definition) is 1. The van der Waals surface area contributed by atoms with Crippen molar-refractivity contribution in [2.45, 2.75) is 18.1 Å². The zero-order valence-corrected chi connectivity index (χ0v) is 10.5. The van der Waals surface area contributed by atoms with Crippen LogP contribution in [0.3, 0.4) is 0 Å². The molecule has 0 saturated heterocycles. The summed E-state index contributed by atoms with van der Waals surface area (Å²) in [4.78, 5) is 0. The van der Waals surface area contributed by atoms with Crippen molar-refractivity contribution in [2.75, 3.05) is 7.05 Å². The van der Waals surface area contributed by atoms with Crippen LogP contribution in [0, 0.1) is 0 Å². The van der Waals surface area contributed by atoms with Gasteiger partial charge in [-0.2, -0.15) is 22.0 Å². The largest absolute Gasteiger partial charge is 0.455 e. The summed E-state index contributed by atoms with van der Waals surface area (Å²) in [6, 6.07) is -1.27. The Balaban J connectivity index is 3.21. The van der Waals surface area contributed by atoms with Gasteiger partial charge in [0.1, 0.15) is 6.04 Å². The van der Waals surface area contributed by atoms with Gasteiger partial charge in [-0.15, -0.1) is 11.3 Å². The van der Waals surface area contributed by atoms with Gasteiger partial charge in [-0.3, -0.25) is 0 Å². The Labute approximate surface area is 108 Å². The first-order valence-corrected chi connectivity index (χ1v) is 5.75. The van der Waals surface area contributed by atoms with E-state index in [4.69, 9.17) is 23.2 Å². The molecule has 1 aromatic rings. The van der Waals surface area contributed by atoms with Gasteiger partial charge in [0.05, 0.1) is 8.67 Å². The monoisotopic (exact) mass is 313 g/mol. The normalized spacial score (nSPS) is 15.1. The van der Waals surface area contributed by atoms with E-state index in [0.717, 1.165) is 24.5 Å². The van der Waals surface area contributed by atoms with Crippen LogP contribution < -0.4 is 5.32 Å². The lowest BCUT2D eigenvalue weighted by molar-refractivity contribution is -0.293. The Hall–Kier alpha value is -0.110. The summed E-state index contributed by atoms with van der Waals surface area (Å²) in [7, 11) is 0.992. The summed E-state index contributed by atoms with van der Waals surface area (Å²) >= 11 is 11.8. The zero-order valence-electron chi connectivity index (χ0n) is 8.21. The Morgan fingerprint density at radius 3 is 2.06 bits per heavy atom. The number of hydrogen-bond acceptors (Lipinski definition) is 2. The van der Waals surface area contributed by atoms with E-state index < -0.39 is 18.1 Å². The van der Waals surface area contributed by atoms with Crippen molar-refractivity contribution in [3.63, 3.8) is 0 Å². The van der Waals surface area contributed by atoms with Gasteiger partial charge >= 0.3 is 12.1 Å². The smallest absolute Gasteiger partial charge is 0.308 e.